The Morgan fingerprint density at radius 1 is 0.340 bits per heavy atom. The normalized spacial score (nSPS) is 11.9. The van der Waals surface area contributed by atoms with Crippen LogP contribution in [0.25, 0.3) is 0 Å². The molecule has 212 valence electrons. The fourth-order valence-electron chi connectivity index (χ4n) is 3.35. The lowest BCUT2D eigenvalue weighted by Crippen LogP contribution is -2.11. The zero-order chi connectivity index (χ0) is 35.3. The summed E-state index contributed by atoms with van der Waals surface area (Å²) in [5.41, 5.74) is 0. The third kappa shape index (κ3) is 20.4. The molecule has 50 heavy (non-hydrogen) atoms. The van der Waals surface area contributed by atoms with Crippen LogP contribution in [0, 0.1) is 267 Å². The molecule has 3 atom stereocenters. The molecule has 0 amide bonds. The molecule has 2 aliphatic rings. The van der Waals surface area contributed by atoms with Gasteiger partial charge >= 0.3 is 0 Å². The van der Waals surface area contributed by atoms with Gasteiger partial charge in [0.15, 0.2) is 0 Å². The van der Waals surface area contributed by atoms with Gasteiger partial charge in [0, 0.05) is 167 Å². The van der Waals surface area contributed by atoms with Crippen LogP contribution in [0.5, 0.6) is 0 Å². The largest absolute Gasteiger partial charge is 0.297 e. The Morgan fingerprint density at radius 2 is 0.600 bits per heavy atom. The maximum absolute atomic E-state index is 4.94. The topological polar surface area (TPSA) is 12.4 Å². The van der Waals surface area contributed by atoms with Crippen LogP contribution in [0.1, 0.15) is 12.8 Å². The van der Waals surface area contributed by atoms with Crippen LogP contribution in [0.2, 0.25) is 0 Å². The van der Waals surface area contributed by atoms with Crippen LogP contribution in [0.4, 0.5) is 0 Å². The van der Waals surface area contributed by atoms with Crippen LogP contribution >= 0.6 is 0 Å². The first kappa shape index (κ1) is 36.6. The van der Waals surface area contributed by atoms with Crippen molar-refractivity contribution in [2.24, 2.45) is 22.7 Å². The van der Waals surface area contributed by atoms with E-state index in [0.717, 1.165) is 13.0 Å². The summed E-state index contributed by atoms with van der Waals surface area (Å²) >= 11 is 0. The fraction of sp³-hybridized carbons (Fsp3) is 0.122. The highest BCUT2D eigenvalue weighted by Crippen LogP contribution is 2.38. The number of hydrogen-bond donors (Lipinski definition) is 0. The van der Waals surface area contributed by atoms with Gasteiger partial charge in [-0.05, 0) is 113 Å². The first-order valence-electron chi connectivity index (χ1n) is 13.9. The molecular formula is C49H11N. The average molecular weight is 614 g/mol. The van der Waals surface area contributed by atoms with Crippen LogP contribution in [-0.4, -0.2) is 12.8 Å². The van der Waals surface area contributed by atoms with E-state index in [-0.39, 0.29) is 0 Å². The Kier molecular flexibility index (Phi) is 20.7. The summed E-state index contributed by atoms with van der Waals surface area (Å²) in [6.07, 6.45) is 9.30. The standard InChI is InChI=1S/C49H11N/c1-2-3-4-5-6-7-8-9-10-11-12-13-14-15-16-17-18-19-20-21-22-23-24-25-26-27-28-29-30-31-32-33-34-35-36-37-38-39-40-41-42-47-43-44-48-45-50-46-49(47)48/h1,46-49H,43-45H2. The highest BCUT2D eigenvalue weighted by molar-refractivity contribution is 5.65. The first-order valence-corrected chi connectivity index (χ1v) is 13.9. The number of terminal acetylenes is 1. The van der Waals surface area contributed by atoms with E-state index in [1.165, 1.54) is 6.42 Å². The highest BCUT2D eigenvalue weighted by Gasteiger charge is 2.36. The second-order valence-corrected chi connectivity index (χ2v) is 8.20. The lowest BCUT2D eigenvalue weighted by atomic mass is 9.93. The highest BCUT2D eigenvalue weighted by atomic mass is 14.8. The van der Waals surface area contributed by atoms with Crippen molar-refractivity contribution < 1.29 is 0 Å². The van der Waals surface area contributed by atoms with E-state index in [0.29, 0.717) is 17.8 Å². The van der Waals surface area contributed by atoms with Crippen molar-refractivity contribution in [3.05, 3.63) is 0 Å². The van der Waals surface area contributed by atoms with E-state index in [9.17, 15) is 0 Å². The molecule has 3 unspecified atom stereocenters. The molecule has 1 fully saturated rings. The monoisotopic (exact) mass is 613 g/mol. The van der Waals surface area contributed by atoms with Crippen molar-refractivity contribution in [2.75, 3.05) is 6.54 Å². The van der Waals surface area contributed by atoms with Gasteiger partial charge in [-0.25, -0.2) is 0 Å². The number of nitrogens with zero attached hydrogens (tertiary/aromatic N) is 1. The summed E-state index contributed by atoms with van der Waals surface area (Å²) in [6, 6.07) is 0. The van der Waals surface area contributed by atoms with Gasteiger partial charge in [0.2, 0.25) is 0 Å². The van der Waals surface area contributed by atoms with Crippen molar-refractivity contribution in [1.29, 1.82) is 0 Å². The number of fused-ring (bicyclic) bond motifs is 1. The molecule has 0 aromatic carbocycles. The van der Waals surface area contributed by atoms with Gasteiger partial charge < -0.3 is 0 Å². The SMILES string of the molecule is C#CC#CC#CC#CC#CC#CC#CC#CC#CC#CC#CC#CC#CC#CC#CC#CC#CC#CC#CC#CC#CC1CCC2CN=CC12. The lowest BCUT2D eigenvalue weighted by molar-refractivity contribution is 0.504. The second kappa shape index (κ2) is 28.2. The molecule has 0 aromatic heterocycles. The Bertz CT molecular complexity index is 2820. The minimum atomic E-state index is 0.358. The molecule has 2 rings (SSSR count). The molecule has 1 aliphatic heterocycles. The van der Waals surface area contributed by atoms with Crippen LogP contribution in [0.15, 0.2) is 4.99 Å². The summed E-state index contributed by atoms with van der Waals surface area (Å²) in [5, 5.41) is 0. The summed E-state index contributed by atoms with van der Waals surface area (Å²) in [5.74, 6) is 105. The first-order chi connectivity index (χ1) is 24.9. The smallest absolute Gasteiger partial charge is 0.0420 e. The van der Waals surface area contributed by atoms with E-state index in [2.05, 4.69) is 254 Å². The molecule has 0 N–H and O–H groups in total. The molecule has 1 aliphatic carbocycles. The van der Waals surface area contributed by atoms with Crippen LogP contribution in [-0.2, 0) is 0 Å². The number of aliphatic imine (C=N–C) groups is 1. The summed E-state index contributed by atoms with van der Waals surface area (Å²) < 4.78 is 0. The summed E-state index contributed by atoms with van der Waals surface area (Å²) in [7, 11) is 0. The molecule has 0 bridgehead atoms. The predicted octanol–water partition coefficient (Wildman–Crippen LogP) is 1.41. The molecule has 0 radical (unpaired) electrons. The minimum Gasteiger partial charge on any atom is -0.297 e. The van der Waals surface area contributed by atoms with Crippen molar-refractivity contribution >= 4 is 6.21 Å². The minimum absolute atomic E-state index is 0.358. The van der Waals surface area contributed by atoms with E-state index in [4.69, 9.17) is 6.42 Å². The third-order valence-corrected chi connectivity index (χ3v) is 5.18. The Balaban J connectivity index is 1.65. The zero-order valence-corrected chi connectivity index (χ0v) is 26.0. The predicted molar refractivity (Wildman–Crippen MR) is 197 cm³/mol. The van der Waals surface area contributed by atoms with E-state index in [1.807, 2.05) is 0 Å². The molecule has 1 heteroatoms. The zero-order valence-electron chi connectivity index (χ0n) is 26.0. The van der Waals surface area contributed by atoms with Gasteiger partial charge in [-0.2, -0.15) is 0 Å². The van der Waals surface area contributed by atoms with E-state index >= 15 is 0 Å². The van der Waals surface area contributed by atoms with Gasteiger partial charge in [-0.3, -0.25) is 4.99 Å². The molecular weight excluding hydrogens is 603 g/mol. The lowest BCUT2D eigenvalue weighted by Gasteiger charge is -2.08. The Labute approximate surface area is 296 Å². The summed E-state index contributed by atoms with van der Waals surface area (Å²) in [6.45, 7) is 0.940. The Hall–Kier alpha value is -9.57. The molecule has 1 nitrogen and oxygen atoms in total. The van der Waals surface area contributed by atoms with Crippen molar-refractivity contribution in [3.8, 4) is 249 Å². The molecule has 0 aromatic rings. The maximum Gasteiger partial charge on any atom is 0.0420 e. The molecule has 0 saturated heterocycles. The molecule has 0 spiro atoms. The van der Waals surface area contributed by atoms with Crippen molar-refractivity contribution in [2.45, 2.75) is 12.8 Å². The van der Waals surface area contributed by atoms with Gasteiger partial charge in [-0.15, -0.1) is 6.42 Å². The maximum atomic E-state index is 4.94. The quantitative estimate of drug-likeness (QED) is 0.367. The third-order valence-electron chi connectivity index (χ3n) is 5.18. The molecule has 1 saturated carbocycles. The van der Waals surface area contributed by atoms with Gasteiger partial charge in [-0.1, -0.05) is 5.92 Å². The van der Waals surface area contributed by atoms with Crippen LogP contribution < -0.4 is 0 Å². The fourth-order valence-corrected chi connectivity index (χ4v) is 3.35. The van der Waals surface area contributed by atoms with Crippen molar-refractivity contribution in [3.63, 3.8) is 0 Å². The van der Waals surface area contributed by atoms with E-state index < -0.39 is 0 Å². The number of hydrogen-bond acceptors (Lipinski definition) is 1. The Morgan fingerprint density at radius 3 is 0.880 bits per heavy atom. The average Bonchev–Trinajstić information content (AvgIpc) is 3.76. The van der Waals surface area contributed by atoms with Crippen LogP contribution in [0.3, 0.4) is 0 Å². The van der Waals surface area contributed by atoms with Crippen molar-refractivity contribution in [1.82, 2.24) is 0 Å². The number of rotatable bonds is 0. The second-order valence-electron chi connectivity index (χ2n) is 8.20. The summed E-state index contributed by atoms with van der Waals surface area (Å²) in [4.78, 5) is 4.35. The van der Waals surface area contributed by atoms with E-state index in [1.54, 1.807) is 0 Å². The van der Waals surface area contributed by atoms with Gasteiger partial charge in [0.1, 0.15) is 0 Å². The molecule has 1 heterocycles. The van der Waals surface area contributed by atoms with Gasteiger partial charge in [0.05, 0.1) is 0 Å². The van der Waals surface area contributed by atoms with Gasteiger partial charge in [0.25, 0.3) is 0 Å².